The molecule has 2 rings (SSSR count). The summed E-state index contributed by atoms with van der Waals surface area (Å²) in [7, 11) is 0. The van der Waals surface area contributed by atoms with Gasteiger partial charge >= 0.3 is 238 Å². The zero-order valence-corrected chi connectivity index (χ0v) is 23.9. The second-order valence-corrected chi connectivity index (χ2v) is 13.0. The topological polar surface area (TPSA) is 105 Å². The molecule has 0 aliphatic heterocycles. The van der Waals surface area contributed by atoms with Crippen molar-refractivity contribution in [3.63, 3.8) is 0 Å². The Morgan fingerprint density at radius 3 is 1.27 bits per heavy atom. The summed E-state index contributed by atoms with van der Waals surface area (Å²) in [4.78, 5) is 43.0. The fourth-order valence-electron chi connectivity index (χ4n) is 1.84. The van der Waals surface area contributed by atoms with Crippen molar-refractivity contribution >= 4 is 65.2 Å². The van der Waals surface area contributed by atoms with Crippen LogP contribution in [0.2, 0.25) is 0 Å². The van der Waals surface area contributed by atoms with Crippen LogP contribution in [0.1, 0.15) is 13.8 Å². The van der Waals surface area contributed by atoms with Crippen LogP contribution in [0.4, 0.5) is 48.3 Å². The summed E-state index contributed by atoms with van der Waals surface area (Å²) in [6.45, 7) is 1.60. The van der Waals surface area contributed by atoms with Crippen LogP contribution in [-0.2, 0) is 31.4 Å². The van der Waals surface area contributed by atoms with E-state index in [-0.39, 0.29) is 3.57 Å². The molecule has 0 unspecified atom stereocenters. The molecule has 0 saturated heterocycles. The Hall–Kier alpha value is -2.99. The molecule has 0 radical (unpaired) electrons. The van der Waals surface area contributed by atoms with Gasteiger partial charge in [-0.25, -0.2) is 0 Å². The molecule has 0 heterocycles. The summed E-state index contributed by atoms with van der Waals surface area (Å²) in [6, 6.07) is 7.61. The zero-order chi connectivity index (χ0) is 31.9. The zero-order valence-electron chi connectivity index (χ0n) is 19.6. The molecule has 230 valence electrons. The van der Waals surface area contributed by atoms with Crippen LogP contribution in [0.15, 0.2) is 30.3 Å². The summed E-state index contributed by atoms with van der Waals surface area (Å²) < 4.78 is 153. The Bertz CT molecular complexity index is 1260. The second kappa shape index (κ2) is 14.8. The maximum absolute atomic E-state index is 13.5. The second-order valence-electron chi connectivity index (χ2n) is 6.48. The van der Waals surface area contributed by atoms with E-state index in [1.165, 1.54) is 12.1 Å². The van der Waals surface area contributed by atoms with E-state index in [9.17, 15) is 67.5 Å². The molecule has 2 aromatic rings. The van der Waals surface area contributed by atoms with Crippen LogP contribution in [0.25, 0.3) is 0 Å². The molecule has 0 bridgehead atoms. The van der Waals surface area contributed by atoms with Crippen molar-refractivity contribution < 1.29 is 79.7 Å². The van der Waals surface area contributed by atoms with E-state index >= 15 is 0 Å². The first-order valence-electron chi connectivity index (χ1n) is 9.62. The number of carbonyl (C=O) groups is 4. The predicted molar refractivity (Wildman–Crippen MR) is 126 cm³/mol. The van der Waals surface area contributed by atoms with Gasteiger partial charge < -0.3 is 0 Å². The first-order valence-corrected chi connectivity index (χ1v) is 15.3. The van der Waals surface area contributed by atoms with E-state index in [0.717, 1.165) is 6.92 Å². The third kappa shape index (κ3) is 10.7. The van der Waals surface area contributed by atoms with Crippen molar-refractivity contribution in [3.05, 3.63) is 66.6 Å². The molecular formula is C20H11F11I2O8. The van der Waals surface area contributed by atoms with Crippen LogP contribution in [0.5, 0.6) is 0 Å². The van der Waals surface area contributed by atoms with E-state index in [1.807, 2.05) is 0 Å². The molecule has 0 aliphatic carbocycles. The normalized spacial score (nSPS) is 11.8. The van der Waals surface area contributed by atoms with Gasteiger partial charge in [0.1, 0.15) is 0 Å². The van der Waals surface area contributed by atoms with Gasteiger partial charge in [-0.3, -0.25) is 0 Å². The number of halogens is 13. The summed E-state index contributed by atoms with van der Waals surface area (Å²) in [5, 5.41) is 0. The molecular weight excluding hydrogens is 831 g/mol. The number of alkyl halides is 6. The van der Waals surface area contributed by atoms with Gasteiger partial charge in [0.25, 0.3) is 0 Å². The SMILES string of the molecule is CC(=O)OI(OC(=O)C(F)(F)F)c1c(F)c(F)c(F)c(F)c1F.CC(=O)OI(OC(=O)C(F)(F)F)c1ccccc1. The van der Waals surface area contributed by atoms with E-state index in [0.29, 0.717) is 6.92 Å². The van der Waals surface area contributed by atoms with Crippen LogP contribution in [0.3, 0.4) is 0 Å². The van der Waals surface area contributed by atoms with Gasteiger partial charge in [-0.2, -0.15) is 0 Å². The molecule has 0 amide bonds. The molecule has 0 aromatic heterocycles. The van der Waals surface area contributed by atoms with Crippen molar-refractivity contribution in [1.82, 2.24) is 0 Å². The van der Waals surface area contributed by atoms with Gasteiger partial charge in [0, 0.05) is 0 Å². The molecule has 0 N–H and O–H groups in total. The van der Waals surface area contributed by atoms with Crippen molar-refractivity contribution in [2.75, 3.05) is 0 Å². The van der Waals surface area contributed by atoms with E-state index < -0.39 is 110 Å². The molecule has 0 fully saturated rings. The number of hydrogen-bond donors (Lipinski definition) is 0. The van der Waals surface area contributed by atoms with Crippen LogP contribution in [0, 0.1) is 36.2 Å². The molecule has 0 atom stereocenters. The summed E-state index contributed by atoms with van der Waals surface area (Å²) >= 11 is -8.41. The third-order valence-corrected chi connectivity index (χ3v) is 10.5. The van der Waals surface area contributed by atoms with Gasteiger partial charge in [-0.15, -0.1) is 0 Å². The van der Waals surface area contributed by atoms with Crippen LogP contribution in [-0.4, -0.2) is 36.2 Å². The molecule has 41 heavy (non-hydrogen) atoms. The third-order valence-electron chi connectivity index (χ3n) is 3.32. The number of carbonyl (C=O) groups excluding carboxylic acids is 4. The maximum atomic E-state index is 13.5. The first kappa shape index (κ1) is 36.0. The number of benzene rings is 2. The summed E-state index contributed by atoms with van der Waals surface area (Å²) in [6.07, 6.45) is -10.7. The minimum absolute atomic E-state index is 0.287. The van der Waals surface area contributed by atoms with E-state index in [2.05, 4.69) is 12.3 Å². The monoisotopic (exact) mass is 842 g/mol. The Balaban J connectivity index is 0.000000422. The summed E-state index contributed by atoms with van der Waals surface area (Å²) in [5.74, 6) is -20.3. The van der Waals surface area contributed by atoms with E-state index in [1.54, 1.807) is 18.2 Å². The van der Waals surface area contributed by atoms with Crippen LogP contribution < -0.4 is 0 Å². The van der Waals surface area contributed by atoms with Crippen molar-refractivity contribution in [3.8, 4) is 0 Å². The molecule has 0 spiro atoms. The van der Waals surface area contributed by atoms with Gasteiger partial charge in [0.15, 0.2) is 0 Å². The molecule has 2 aromatic carbocycles. The van der Waals surface area contributed by atoms with Gasteiger partial charge in [0.05, 0.1) is 0 Å². The number of hydrogen-bond acceptors (Lipinski definition) is 8. The van der Waals surface area contributed by atoms with Gasteiger partial charge in [-0.1, -0.05) is 0 Å². The first-order chi connectivity index (χ1) is 18.7. The molecule has 0 aliphatic rings. The standard InChI is InChI=1S/C10H3F8IO4.C10H8F3IO4/c1-2(20)22-19(23-9(21)10(16,17)18)8-6(14)4(12)3(11)5(13)7(8)15;1-7(15)17-14(8-5-3-2-4-6-8)18-9(16)10(11,12)13/h1H3;2-6H,1H3. The minimum atomic E-state index is -5.64. The van der Waals surface area contributed by atoms with Gasteiger partial charge in [-0.05, 0) is 0 Å². The van der Waals surface area contributed by atoms with Crippen molar-refractivity contribution in [2.45, 2.75) is 26.2 Å². The quantitative estimate of drug-likeness (QED) is 0.142. The van der Waals surface area contributed by atoms with Crippen LogP contribution >= 0.6 is 41.3 Å². The average Bonchev–Trinajstić information content (AvgIpc) is 2.85. The van der Waals surface area contributed by atoms with Crippen molar-refractivity contribution in [1.29, 1.82) is 0 Å². The van der Waals surface area contributed by atoms with E-state index in [4.69, 9.17) is 0 Å². The predicted octanol–water partition coefficient (Wildman–Crippen LogP) is 6.42. The number of rotatable bonds is 6. The van der Waals surface area contributed by atoms with Gasteiger partial charge in [0.2, 0.25) is 0 Å². The fourth-order valence-corrected chi connectivity index (χ4v) is 7.57. The average molecular weight is 842 g/mol. The Morgan fingerprint density at radius 2 is 0.902 bits per heavy atom. The Labute approximate surface area is 237 Å². The molecule has 21 heteroatoms. The Morgan fingerprint density at radius 1 is 0.561 bits per heavy atom. The molecule has 8 nitrogen and oxygen atoms in total. The molecule has 0 saturated carbocycles. The fraction of sp³-hybridized carbons (Fsp3) is 0.200. The Kier molecular flexibility index (Phi) is 13.0. The summed E-state index contributed by atoms with van der Waals surface area (Å²) in [5.41, 5.74) is 0. The van der Waals surface area contributed by atoms with Crippen molar-refractivity contribution in [2.24, 2.45) is 0 Å².